The Kier molecular flexibility index (Phi) is 5.36. The maximum Gasteiger partial charge on any atom is 0.190 e. The number of hydrogen-bond acceptors (Lipinski definition) is 2. The summed E-state index contributed by atoms with van der Waals surface area (Å²) >= 11 is 0. The van der Waals surface area contributed by atoms with Crippen molar-refractivity contribution in [2.75, 3.05) is 27.7 Å². The van der Waals surface area contributed by atoms with Crippen LogP contribution in [0.5, 0.6) is 0 Å². The number of aliphatic imine (C=N–C) groups is 1. The fourth-order valence-electron chi connectivity index (χ4n) is 1.47. The highest BCUT2D eigenvalue weighted by molar-refractivity contribution is 5.79. The molecule has 0 saturated carbocycles. The van der Waals surface area contributed by atoms with E-state index in [1.165, 1.54) is 0 Å². The monoisotopic (exact) mass is 221 g/mol. The lowest BCUT2D eigenvalue weighted by molar-refractivity contribution is 0.106. The van der Waals surface area contributed by atoms with Crippen molar-refractivity contribution in [2.24, 2.45) is 4.99 Å². The molecule has 1 aromatic rings. The first-order valence-electron chi connectivity index (χ1n) is 5.28. The van der Waals surface area contributed by atoms with E-state index < -0.39 is 0 Å². The van der Waals surface area contributed by atoms with E-state index in [1.807, 2.05) is 25.2 Å². The van der Waals surface area contributed by atoms with Gasteiger partial charge < -0.3 is 15.4 Å². The van der Waals surface area contributed by atoms with Crippen molar-refractivity contribution < 1.29 is 4.74 Å². The first-order chi connectivity index (χ1) is 7.81. The van der Waals surface area contributed by atoms with Crippen molar-refractivity contribution in [3.8, 4) is 0 Å². The normalized spacial score (nSPS) is 13.3. The van der Waals surface area contributed by atoms with Crippen LogP contribution in [0.3, 0.4) is 0 Å². The fraction of sp³-hybridized carbons (Fsp3) is 0.417. The molecule has 1 rings (SSSR count). The summed E-state index contributed by atoms with van der Waals surface area (Å²) in [4.78, 5) is 4.05. The lowest BCUT2D eigenvalue weighted by atomic mass is 10.1. The second kappa shape index (κ2) is 6.85. The van der Waals surface area contributed by atoms with Gasteiger partial charge in [-0.2, -0.15) is 0 Å². The minimum Gasteiger partial charge on any atom is -0.375 e. The molecule has 1 aromatic carbocycles. The van der Waals surface area contributed by atoms with Gasteiger partial charge in [-0.25, -0.2) is 0 Å². The maximum atomic E-state index is 5.43. The minimum absolute atomic E-state index is 0.0336. The van der Waals surface area contributed by atoms with Gasteiger partial charge >= 0.3 is 0 Å². The molecule has 0 amide bonds. The van der Waals surface area contributed by atoms with Gasteiger partial charge in [0.05, 0.1) is 6.10 Å². The van der Waals surface area contributed by atoms with Crippen molar-refractivity contribution in [1.82, 2.24) is 10.6 Å². The van der Waals surface area contributed by atoms with Crippen LogP contribution in [0, 0.1) is 0 Å². The highest BCUT2D eigenvalue weighted by Gasteiger charge is 2.09. The van der Waals surface area contributed by atoms with Crippen LogP contribution in [0.2, 0.25) is 0 Å². The summed E-state index contributed by atoms with van der Waals surface area (Å²) in [5.41, 5.74) is 1.16. The van der Waals surface area contributed by atoms with Crippen LogP contribution in [0.15, 0.2) is 35.3 Å². The number of hydrogen-bond donors (Lipinski definition) is 2. The summed E-state index contributed by atoms with van der Waals surface area (Å²) in [5.74, 6) is 0.762. The summed E-state index contributed by atoms with van der Waals surface area (Å²) < 4.78 is 5.43. The average Bonchev–Trinajstić information content (AvgIpc) is 2.36. The molecule has 0 aromatic heterocycles. The number of guanidine groups is 1. The standard InChI is InChI=1S/C12H19N3O/c1-13-12(14-2)15-9-11(16-3)10-7-5-4-6-8-10/h4-8,11H,9H2,1-3H3,(H2,13,14,15). The van der Waals surface area contributed by atoms with Crippen molar-refractivity contribution in [1.29, 1.82) is 0 Å². The van der Waals surface area contributed by atoms with Crippen LogP contribution in [-0.2, 0) is 4.74 Å². The van der Waals surface area contributed by atoms with Gasteiger partial charge in [0.15, 0.2) is 5.96 Å². The van der Waals surface area contributed by atoms with Gasteiger partial charge in [-0.05, 0) is 5.56 Å². The molecule has 0 bridgehead atoms. The zero-order chi connectivity index (χ0) is 11.8. The smallest absolute Gasteiger partial charge is 0.190 e. The van der Waals surface area contributed by atoms with E-state index in [2.05, 4.69) is 27.8 Å². The van der Waals surface area contributed by atoms with Gasteiger partial charge in [-0.1, -0.05) is 30.3 Å². The van der Waals surface area contributed by atoms with E-state index in [4.69, 9.17) is 4.74 Å². The van der Waals surface area contributed by atoms with Crippen molar-refractivity contribution in [2.45, 2.75) is 6.10 Å². The number of nitrogens with zero attached hydrogens (tertiary/aromatic N) is 1. The number of benzene rings is 1. The molecule has 0 fully saturated rings. The van der Waals surface area contributed by atoms with Gasteiger partial charge in [0, 0.05) is 27.7 Å². The SMILES string of the molecule is CN=C(NC)NCC(OC)c1ccccc1. The van der Waals surface area contributed by atoms with E-state index in [1.54, 1.807) is 14.2 Å². The zero-order valence-electron chi connectivity index (χ0n) is 10.0. The van der Waals surface area contributed by atoms with E-state index >= 15 is 0 Å². The lowest BCUT2D eigenvalue weighted by Crippen LogP contribution is -2.37. The van der Waals surface area contributed by atoms with Crippen LogP contribution < -0.4 is 10.6 Å². The number of methoxy groups -OCH3 is 1. The molecule has 2 N–H and O–H groups in total. The topological polar surface area (TPSA) is 45.7 Å². The van der Waals surface area contributed by atoms with Crippen LogP contribution >= 0.6 is 0 Å². The van der Waals surface area contributed by atoms with E-state index in [0.717, 1.165) is 11.5 Å². The van der Waals surface area contributed by atoms with Gasteiger partial charge in [-0.15, -0.1) is 0 Å². The molecule has 1 atom stereocenters. The summed E-state index contributed by atoms with van der Waals surface area (Å²) in [5, 5.41) is 6.15. The highest BCUT2D eigenvalue weighted by atomic mass is 16.5. The number of nitrogens with one attached hydrogen (secondary N) is 2. The molecule has 0 saturated heterocycles. The van der Waals surface area contributed by atoms with Crippen LogP contribution in [0.25, 0.3) is 0 Å². The summed E-state index contributed by atoms with van der Waals surface area (Å²) in [7, 11) is 5.28. The summed E-state index contributed by atoms with van der Waals surface area (Å²) in [6.07, 6.45) is 0.0336. The highest BCUT2D eigenvalue weighted by Crippen LogP contribution is 2.14. The Balaban J connectivity index is 2.57. The third-order valence-corrected chi connectivity index (χ3v) is 2.37. The Labute approximate surface area is 96.7 Å². The van der Waals surface area contributed by atoms with Crippen molar-refractivity contribution in [3.63, 3.8) is 0 Å². The van der Waals surface area contributed by atoms with Gasteiger partial charge in [-0.3, -0.25) is 4.99 Å². The molecule has 0 aliphatic rings. The fourth-order valence-corrected chi connectivity index (χ4v) is 1.47. The average molecular weight is 221 g/mol. The quantitative estimate of drug-likeness (QED) is 0.592. The second-order valence-corrected chi connectivity index (χ2v) is 3.34. The number of rotatable bonds is 4. The Bertz CT molecular complexity index is 324. The molecule has 0 heterocycles. The molecule has 1 unspecified atom stereocenters. The van der Waals surface area contributed by atoms with Crippen molar-refractivity contribution in [3.05, 3.63) is 35.9 Å². The van der Waals surface area contributed by atoms with Gasteiger partial charge in [0.2, 0.25) is 0 Å². The Morgan fingerprint density at radius 1 is 1.38 bits per heavy atom. The molecule has 0 aliphatic carbocycles. The third kappa shape index (κ3) is 3.55. The summed E-state index contributed by atoms with van der Waals surface area (Å²) in [6, 6.07) is 10.1. The molecular formula is C12H19N3O. The Morgan fingerprint density at radius 3 is 2.56 bits per heavy atom. The molecule has 88 valence electrons. The maximum absolute atomic E-state index is 5.43. The second-order valence-electron chi connectivity index (χ2n) is 3.34. The first kappa shape index (κ1) is 12.5. The predicted molar refractivity (Wildman–Crippen MR) is 66.6 cm³/mol. The zero-order valence-corrected chi connectivity index (χ0v) is 10.0. The number of ether oxygens (including phenoxy) is 1. The summed E-state index contributed by atoms with van der Waals surface area (Å²) in [6.45, 7) is 0.689. The molecule has 16 heavy (non-hydrogen) atoms. The largest absolute Gasteiger partial charge is 0.375 e. The molecule has 0 aliphatic heterocycles. The van der Waals surface area contributed by atoms with Crippen LogP contribution in [0.1, 0.15) is 11.7 Å². The Morgan fingerprint density at radius 2 is 2.06 bits per heavy atom. The van der Waals surface area contributed by atoms with Gasteiger partial charge in [0.25, 0.3) is 0 Å². The molecule has 0 spiro atoms. The molecule has 0 radical (unpaired) electrons. The van der Waals surface area contributed by atoms with Crippen LogP contribution in [0.4, 0.5) is 0 Å². The van der Waals surface area contributed by atoms with E-state index in [9.17, 15) is 0 Å². The van der Waals surface area contributed by atoms with Gasteiger partial charge in [0.1, 0.15) is 0 Å². The minimum atomic E-state index is 0.0336. The van der Waals surface area contributed by atoms with E-state index in [-0.39, 0.29) is 6.10 Å². The van der Waals surface area contributed by atoms with E-state index in [0.29, 0.717) is 6.54 Å². The molecule has 4 heteroatoms. The first-order valence-corrected chi connectivity index (χ1v) is 5.28. The third-order valence-electron chi connectivity index (χ3n) is 2.37. The Hall–Kier alpha value is -1.55. The lowest BCUT2D eigenvalue weighted by Gasteiger charge is -2.17. The van der Waals surface area contributed by atoms with Crippen LogP contribution in [-0.4, -0.2) is 33.7 Å². The predicted octanol–water partition coefficient (Wildman–Crippen LogP) is 1.17. The van der Waals surface area contributed by atoms with Crippen molar-refractivity contribution >= 4 is 5.96 Å². The molecule has 4 nitrogen and oxygen atoms in total. The molecular weight excluding hydrogens is 202 g/mol.